The Hall–Kier alpha value is -1.07. The van der Waals surface area contributed by atoms with Crippen molar-refractivity contribution < 1.29 is 13.9 Å². The monoisotopic (exact) mass is 299 g/mol. The number of carbonyl (C=O) groups excluding carboxylic acids is 1. The number of rotatable bonds is 8. The van der Waals surface area contributed by atoms with Crippen LogP contribution in [0.2, 0.25) is 0 Å². The zero-order valence-corrected chi connectivity index (χ0v) is 13.1. The standard InChI is InChI=1S/C15H22FNO2S/c1-4-8-17-11(2)13-10-12(16)5-6-14(13)20-9-7-15(18)19-3/h5-6,10-11,17H,4,7-9H2,1-3H3. The summed E-state index contributed by atoms with van der Waals surface area (Å²) < 4.78 is 18.0. The van der Waals surface area contributed by atoms with Gasteiger partial charge in [0.2, 0.25) is 0 Å². The van der Waals surface area contributed by atoms with Crippen molar-refractivity contribution in [2.45, 2.75) is 37.6 Å². The normalized spacial score (nSPS) is 12.2. The first-order chi connectivity index (χ1) is 9.58. The summed E-state index contributed by atoms with van der Waals surface area (Å²) in [4.78, 5) is 12.1. The maximum atomic E-state index is 13.4. The first kappa shape index (κ1) is 17.0. The zero-order valence-electron chi connectivity index (χ0n) is 12.2. The van der Waals surface area contributed by atoms with Gasteiger partial charge in [-0.05, 0) is 43.7 Å². The first-order valence-corrected chi connectivity index (χ1v) is 7.79. The molecule has 5 heteroatoms. The summed E-state index contributed by atoms with van der Waals surface area (Å²) in [5.41, 5.74) is 0.938. The molecule has 0 aliphatic carbocycles. The Bertz CT molecular complexity index is 440. The molecule has 112 valence electrons. The van der Waals surface area contributed by atoms with Crippen LogP contribution in [-0.4, -0.2) is 25.4 Å². The number of nitrogens with one attached hydrogen (secondary N) is 1. The molecule has 1 atom stereocenters. The maximum absolute atomic E-state index is 13.4. The van der Waals surface area contributed by atoms with E-state index in [0.717, 1.165) is 23.4 Å². The Labute approximate surface area is 124 Å². The average molecular weight is 299 g/mol. The number of hydrogen-bond donors (Lipinski definition) is 1. The minimum Gasteiger partial charge on any atom is -0.469 e. The molecule has 1 aromatic carbocycles. The summed E-state index contributed by atoms with van der Waals surface area (Å²) >= 11 is 1.55. The number of ether oxygens (including phenoxy) is 1. The van der Waals surface area contributed by atoms with Crippen molar-refractivity contribution in [3.63, 3.8) is 0 Å². The van der Waals surface area contributed by atoms with Crippen LogP contribution in [0.25, 0.3) is 0 Å². The quantitative estimate of drug-likeness (QED) is 0.588. The van der Waals surface area contributed by atoms with Crippen molar-refractivity contribution in [1.29, 1.82) is 0 Å². The summed E-state index contributed by atoms with van der Waals surface area (Å²) in [7, 11) is 1.38. The molecule has 0 amide bonds. The van der Waals surface area contributed by atoms with Crippen LogP contribution >= 0.6 is 11.8 Å². The molecular weight excluding hydrogens is 277 g/mol. The van der Waals surface area contributed by atoms with Crippen LogP contribution in [0.5, 0.6) is 0 Å². The summed E-state index contributed by atoms with van der Waals surface area (Å²) in [6.45, 7) is 5.01. The van der Waals surface area contributed by atoms with Gasteiger partial charge in [-0.15, -0.1) is 11.8 Å². The molecule has 0 fully saturated rings. The van der Waals surface area contributed by atoms with E-state index in [4.69, 9.17) is 0 Å². The van der Waals surface area contributed by atoms with Crippen LogP contribution in [0.1, 0.15) is 38.3 Å². The molecule has 0 bridgehead atoms. The van der Waals surface area contributed by atoms with Gasteiger partial charge in [0.15, 0.2) is 0 Å². The van der Waals surface area contributed by atoms with Crippen LogP contribution in [0.15, 0.2) is 23.1 Å². The van der Waals surface area contributed by atoms with Crippen LogP contribution in [0, 0.1) is 5.82 Å². The predicted octanol–water partition coefficient (Wildman–Crippen LogP) is 3.54. The molecule has 0 aromatic heterocycles. The molecule has 3 nitrogen and oxygen atoms in total. The highest BCUT2D eigenvalue weighted by Gasteiger charge is 2.12. The number of hydrogen-bond acceptors (Lipinski definition) is 4. The Morgan fingerprint density at radius 1 is 1.50 bits per heavy atom. The zero-order chi connectivity index (χ0) is 15.0. The number of carbonyl (C=O) groups is 1. The number of thioether (sulfide) groups is 1. The summed E-state index contributed by atoms with van der Waals surface area (Å²) in [6, 6.07) is 4.88. The summed E-state index contributed by atoms with van der Waals surface area (Å²) in [5, 5.41) is 3.35. The largest absolute Gasteiger partial charge is 0.469 e. The highest BCUT2D eigenvalue weighted by Crippen LogP contribution is 2.29. The van der Waals surface area contributed by atoms with Crippen LogP contribution in [0.4, 0.5) is 4.39 Å². The minimum absolute atomic E-state index is 0.0891. The highest BCUT2D eigenvalue weighted by atomic mass is 32.2. The van der Waals surface area contributed by atoms with E-state index < -0.39 is 0 Å². The molecule has 0 spiro atoms. The molecule has 20 heavy (non-hydrogen) atoms. The Kier molecular flexibility index (Phi) is 7.62. The van der Waals surface area contributed by atoms with E-state index in [2.05, 4.69) is 17.0 Å². The van der Waals surface area contributed by atoms with Crippen molar-refractivity contribution in [2.75, 3.05) is 19.4 Å². The van der Waals surface area contributed by atoms with Crippen molar-refractivity contribution >= 4 is 17.7 Å². The smallest absolute Gasteiger partial charge is 0.306 e. The molecule has 1 unspecified atom stereocenters. The fourth-order valence-electron chi connectivity index (χ4n) is 1.81. The van der Waals surface area contributed by atoms with Gasteiger partial charge in [-0.1, -0.05) is 6.92 Å². The van der Waals surface area contributed by atoms with Crippen molar-refractivity contribution in [2.24, 2.45) is 0 Å². The lowest BCUT2D eigenvalue weighted by Gasteiger charge is -2.17. The van der Waals surface area contributed by atoms with Crippen LogP contribution in [-0.2, 0) is 9.53 Å². The average Bonchev–Trinajstić information content (AvgIpc) is 2.45. The van der Waals surface area contributed by atoms with Crippen molar-refractivity contribution in [3.05, 3.63) is 29.6 Å². The van der Waals surface area contributed by atoms with Gasteiger partial charge >= 0.3 is 5.97 Å². The van der Waals surface area contributed by atoms with Gasteiger partial charge < -0.3 is 10.1 Å². The second kappa shape index (κ2) is 8.97. The van der Waals surface area contributed by atoms with Crippen molar-refractivity contribution in [1.82, 2.24) is 5.32 Å². The maximum Gasteiger partial charge on any atom is 0.306 e. The third-order valence-corrected chi connectivity index (χ3v) is 4.02. The number of esters is 1. The first-order valence-electron chi connectivity index (χ1n) is 6.81. The third-order valence-electron chi connectivity index (χ3n) is 2.93. The molecule has 0 aliphatic heterocycles. The van der Waals surface area contributed by atoms with Gasteiger partial charge in [0.25, 0.3) is 0 Å². The lowest BCUT2D eigenvalue weighted by atomic mass is 10.1. The molecule has 0 heterocycles. The summed E-state index contributed by atoms with van der Waals surface area (Å²) in [6.07, 6.45) is 1.39. The number of benzene rings is 1. The molecular formula is C15H22FNO2S. The summed E-state index contributed by atoms with van der Waals surface area (Å²) in [5.74, 6) is 0.173. The van der Waals surface area contributed by atoms with Gasteiger partial charge in [0, 0.05) is 16.7 Å². The fraction of sp³-hybridized carbons (Fsp3) is 0.533. The van der Waals surface area contributed by atoms with E-state index in [9.17, 15) is 9.18 Å². The molecule has 1 aromatic rings. The number of methoxy groups -OCH3 is 1. The lowest BCUT2D eigenvalue weighted by Crippen LogP contribution is -2.20. The Morgan fingerprint density at radius 3 is 2.90 bits per heavy atom. The topological polar surface area (TPSA) is 38.3 Å². The van der Waals surface area contributed by atoms with E-state index >= 15 is 0 Å². The van der Waals surface area contributed by atoms with Gasteiger partial charge in [-0.3, -0.25) is 4.79 Å². The molecule has 0 saturated heterocycles. The molecule has 1 N–H and O–H groups in total. The number of halogens is 1. The van der Waals surface area contributed by atoms with E-state index in [0.29, 0.717) is 12.2 Å². The van der Waals surface area contributed by atoms with Gasteiger partial charge in [-0.2, -0.15) is 0 Å². The lowest BCUT2D eigenvalue weighted by molar-refractivity contribution is -0.140. The second-order valence-electron chi connectivity index (χ2n) is 4.53. The van der Waals surface area contributed by atoms with Gasteiger partial charge in [0.05, 0.1) is 13.5 Å². The van der Waals surface area contributed by atoms with Crippen LogP contribution in [0.3, 0.4) is 0 Å². The van der Waals surface area contributed by atoms with Crippen LogP contribution < -0.4 is 5.32 Å². The second-order valence-corrected chi connectivity index (χ2v) is 5.67. The fourth-order valence-corrected chi connectivity index (χ4v) is 2.86. The Balaban J connectivity index is 2.71. The third kappa shape index (κ3) is 5.51. The van der Waals surface area contributed by atoms with E-state index in [1.54, 1.807) is 23.9 Å². The Morgan fingerprint density at radius 2 is 2.25 bits per heavy atom. The molecule has 0 radical (unpaired) electrons. The molecule has 1 rings (SSSR count). The molecule has 0 saturated carbocycles. The van der Waals surface area contributed by atoms with E-state index in [1.165, 1.54) is 13.2 Å². The SMILES string of the molecule is CCCNC(C)c1cc(F)ccc1SCCC(=O)OC. The van der Waals surface area contributed by atoms with E-state index in [1.807, 2.05) is 6.92 Å². The minimum atomic E-state index is -0.234. The van der Waals surface area contributed by atoms with Gasteiger partial charge in [-0.25, -0.2) is 4.39 Å². The van der Waals surface area contributed by atoms with Gasteiger partial charge in [0.1, 0.15) is 5.82 Å². The van der Waals surface area contributed by atoms with Crippen molar-refractivity contribution in [3.8, 4) is 0 Å². The van der Waals surface area contributed by atoms with E-state index in [-0.39, 0.29) is 17.8 Å². The molecule has 0 aliphatic rings. The highest BCUT2D eigenvalue weighted by molar-refractivity contribution is 7.99. The predicted molar refractivity (Wildman–Crippen MR) is 80.5 cm³/mol.